The van der Waals surface area contributed by atoms with Gasteiger partial charge in [0.1, 0.15) is 0 Å². The number of benzene rings is 1. The Morgan fingerprint density at radius 1 is 1.39 bits per heavy atom. The summed E-state index contributed by atoms with van der Waals surface area (Å²) in [6.07, 6.45) is 1.93. The number of anilines is 1. The van der Waals surface area contributed by atoms with Crippen LogP contribution in [0.4, 0.5) is 5.95 Å². The van der Waals surface area contributed by atoms with Gasteiger partial charge in [-0.25, -0.2) is 4.68 Å². The normalized spacial score (nSPS) is 10.3. The molecule has 0 saturated carbocycles. The van der Waals surface area contributed by atoms with Crippen LogP contribution in [0.1, 0.15) is 12.5 Å². The zero-order chi connectivity index (χ0) is 13.0. The summed E-state index contributed by atoms with van der Waals surface area (Å²) in [7, 11) is 0. The third kappa shape index (κ3) is 3.10. The minimum absolute atomic E-state index is 0.167. The van der Waals surface area contributed by atoms with Crippen molar-refractivity contribution in [1.82, 2.24) is 14.8 Å². The van der Waals surface area contributed by atoms with Gasteiger partial charge in [0.15, 0.2) is 5.16 Å². The number of nitrogens with zero attached hydrogens (tertiary/aromatic N) is 3. The van der Waals surface area contributed by atoms with Gasteiger partial charge in [-0.05, 0) is 11.8 Å². The second-order valence-corrected chi connectivity index (χ2v) is 4.52. The average Bonchev–Trinajstić information content (AvgIpc) is 2.71. The molecule has 0 unspecified atom stereocenters. The van der Waals surface area contributed by atoms with E-state index in [2.05, 4.69) is 15.4 Å². The number of aromatic nitrogens is 3. The van der Waals surface area contributed by atoms with Crippen molar-refractivity contribution in [2.45, 2.75) is 18.6 Å². The average molecular weight is 262 g/mol. The highest BCUT2D eigenvalue weighted by molar-refractivity contribution is 7.98. The van der Waals surface area contributed by atoms with Crippen LogP contribution in [0.25, 0.3) is 0 Å². The molecule has 0 radical (unpaired) electrons. The van der Waals surface area contributed by atoms with Gasteiger partial charge in [-0.3, -0.25) is 10.1 Å². The van der Waals surface area contributed by atoms with Gasteiger partial charge in [-0.15, -0.1) is 5.10 Å². The van der Waals surface area contributed by atoms with Crippen LogP contribution in [0.3, 0.4) is 0 Å². The second-order valence-electron chi connectivity index (χ2n) is 3.75. The van der Waals surface area contributed by atoms with Crippen LogP contribution in [0.2, 0.25) is 0 Å². The summed E-state index contributed by atoms with van der Waals surface area (Å²) in [5.74, 6) is 0.183. The molecule has 0 bridgehead atoms. The molecule has 18 heavy (non-hydrogen) atoms. The monoisotopic (exact) mass is 262 g/mol. The van der Waals surface area contributed by atoms with Crippen LogP contribution >= 0.6 is 11.8 Å². The van der Waals surface area contributed by atoms with E-state index in [1.807, 2.05) is 36.6 Å². The first-order valence-electron chi connectivity index (χ1n) is 5.49. The number of hydrogen-bond acceptors (Lipinski definition) is 4. The molecule has 1 aromatic carbocycles. The van der Waals surface area contributed by atoms with E-state index >= 15 is 0 Å². The van der Waals surface area contributed by atoms with Crippen LogP contribution in [-0.2, 0) is 11.3 Å². The van der Waals surface area contributed by atoms with Gasteiger partial charge in [0.2, 0.25) is 11.9 Å². The Morgan fingerprint density at radius 2 is 2.11 bits per heavy atom. The SMILES string of the molecule is CSc1nc(NC(C)=O)nn1Cc1ccccc1. The fourth-order valence-electron chi connectivity index (χ4n) is 1.55. The van der Waals surface area contributed by atoms with E-state index in [4.69, 9.17) is 0 Å². The standard InChI is InChI=1S/C12H14N4OS/c1-9(17)13-11-14-12(18-2)16(15-11)8-10-6-4-3-5-7-10/h3-7H,8H2,1-2H3,(H,13,15,17). The molecule has 94 valence electrons. The molecule has 1 amide bonds. The maximum Gasteiger partial charge on any atom is 0.249 e. The van der Waals surface area contributed by atoms with Crippen LogP contribution in [0.5, 0.6) is 0 Å². The lowest BCUT2D eigenvalue weighted by atomic mass is 10.2. The zero-order valence-corrected chi connectivity index (χ0v) is 11.1. The molecule has 2 aromatic rings. The Kier molecular flexibility index (Phi) is 3.99. The summed E-state index contributed by atoms with van der Waals surface area (Å²) >= 11 is 1.50. The Hall–Kier alpha value is -1.82. The molecule has 0 spiro atoms. The van der Waals surface area contributed by atoms with Crippen molar-refractivity contribution in [3.05, 3.63) is 35.9 Å². The molecule has 0 aliphatic carbocycles. The Morgan fingerprint density at radius 3 is 2.72 bits per heavy atom. The Bertz CT molecular complexity index is 538. The summed E-state index contributed by atoms with van der Waals surface area (Å²) in [4.78, 5) is 15.2. The van der Waals surface area contributed by atoms with Gasteiger partial charge >= 0.3 is 0 Å². The minimum atomic E-state index is -0.167. The molecule has 6 heteroatoms. The van der Waals surface area contributed by atoms with Gasteiger partial charge in [0.25, 0.3) is 0 Å². The van der Waals surface area contributed by atoms with E-state index in [1.165, 1.54) is 18.7 Å². The van der Waals surface area contributed by atoms with E-state index in [0.717, 1.165) is 10.7 Å². The highest BCUT2D eigenvalue weighted by atomic mass is 32.2. The predicted molar refractivity (Wildman–Crippen MR) is 71.7 cm³/mol. The highest BCUT2D eigenvalue weighted by Gasteiger charge is 2.10. The van der Waals surface area contributed by atoms with Gasteiger partial charge in [-0.1, -0.05) is 42.1 Å². The van der Waals surface area contributed by atoms with Crippen LogP contribution in [-0.4, -0.2) is 26.9 Å². The number of carbonyl (C=O) groups excluding carboxylic acids is 1. The van der Waals surface area contributed by atoms with Crippen LogP contribution in [0.15, 0.2) is 35.5 Å². The second kappa shape index (κ2) is 5.68. The molecular weight excluding hydrogens is 248 g/mol. The van der Waals surface area contributed by atoms with E-state index in [-0.39, 0.29) is 5.91 Å². The molecule has 1 N–H and O–H groups in total. The molecule has 0 saturated heterocycles. The van der Waals surface area contributed by atoms with Crippen molar-refractivity contribution in [2.75, 3.05) is 11.6 Å². The summed E-state index contributed by atoms with van der Waals surface area (Å²) < 4.78 is 1.78. The lowest BCUT2D eigenvalue weighted by Crippen LogP contribution is -2.08. The van der Waals surface area contributed by atoms with E-state index in [1.54, 1.807) is 4.68 Å². The zero-order valence-electron chi connectivity index (χ0n) is 10.3. The first-order valence-corrected chi connectivity index (χ1v) is 6.72. The maximum absolute atomic E-state index is 11.0. The van der Waals surface area contributed by atoms with Gasteiger partial charge in [0, 0.05) is 6.92 Å². The number of hydrogen-bond donors (Lipinski definition) is 1. The highest BCUT2D eigenvalue weighted by Crippen LogP contribution is 2.16. The number of thioether (sulfide) groups is 1. The molecule has 5 nitrogen and oxygen atoms in total. The van der Waals surface area contributed by atoms with Gasteiger partial charge in [-0.2, -0.15) is 4.98 Å². The smallest absolute Gasteiger partial charge is 0.249 e. The van der Waals surface area contributed by atoms with E-state index < -0.39 is 0 Å². The van der Waals surface area contributed by atoms with Crippen molar-refractivity contribution in [1.29, 1.82) is 0 Å². The van der Waals surface area contributed by atoms with Crippen molar-refractivity contribution in [3.8, 4) is 0 Å². The number of amides is 1. The molecule has 0 atom stereocenters. The molecule has 0 fully saturated rings. The third-order valence-corrected chi connectivity index (χ3v) is 2.95. The summed E-state index contributed by atoms with van der Waals surface area (Å²) in [5.41, 5.74) is 1.15. The van der Waals surface area contributed by atoms with Crippen LogP contribution in [0, 0.1) is 0 Å². The first-order chi connectivity index (χ1) is 8.69. The first kappa shape index (κ1) is 12.6. The minimum Gasteiger partial charge on any atom is -0.293 e. The Balaban J connectivity index is 2.21. The van der Waals surface area contributed by atoms with Gasteiger partial charge < -0.3 is 0 Å². The molecular formula is C12H14N4OS. The molecule has 0 aliphatic heterocycles. The number of rotatable bonds is 4. The quantitative estimate of drug-likeness (QED) is 0.856. The summed E-state index contributed by atoms with van der Waals surface area (Å²) in [6.45, 7) is 2.08. The molecule has 2 rings (SSSR count). The van der Waals surface area contributed by atoms with E-state index in [9.17, 15) is 4.79 Å². The molecule has 1 aromatic heterocycles. The van der Waals surface area contributed by atoms with Crippen LogP contribution < -0.4 is 5.32 Å². The number of carbonyl (C=O) groups is 1. The summed E-state index contributed by atoms with van der Waals surface area (Å²) in [5, 5.41) is 7.64. The largest absolute Gasteiger partial charge is 0.293 e. The topological polar surface area (TPSA) is 59.8 Å². The molecule has 0 aliphatic rings. The van der Waals surface area contributed by atoms with Crippen molar-refractivity contribution >= 4 is 23.6 Å². The van der Waals surface area contributed by atoms with Gasteiger partial charge in [0.05, 0.1) is 6.54 Å². The summed E-state index contributed by atoms with van der Waals surface area (Å²) in [6, 6.07) is 10.0. The third-order valence-electron chi connectivity index (χ3n) is 2.28. The fraction of sp³-hybridized carbons (Fsp3) is 0.250. The lowest BCUT2D eigenvalue weighted by molar-refractivity contribution is -0.114. The predicted octanol–water partition coefficient (Wildman–Crippen LogP) is 2.01. The van der Waals surface area contributed by atoms with E-state index in [0.29, 0.717) is 12.5 Å². The lowest BCUT2D eigenvalue weighted by Gasteiger charge is -2.03. The van der Waals surface area contributed by atoms with Crippen molar-refractivity contribution in [2.24, 2.45) is 0 Å². The Labute approximate surface area is 110 Å². The van der Waals surface area contributed by atoms with Crippen molar-refractivity contribution in [3.63, 3.8) is 0 Å². The fourth-order valence-corrected chi connectivity index (χ4v) is 2.04. The molecule has 1 heterocycles. The number of nitrogens with one attached hydrogen (secondary N) is 1. The maximum atomic E-state index is 11.0. The van der Waals surface area contributed by atoms with Crippen molar-refractivity contribution < 1.29 is 4.79 Å².